The van der Waals surface area contributed by atoms with Gasteiger partial charge in [-0.25, -0.2) is 4.98 Å². The highest BCUT2D eigenvalue weighted by atomic mass is 32.2. The molecule has 0 unspecified atom stereocenters. The van der Waals surface area contributed by atoms with Crippen LogP contribution in [0.1, 0.15) is 39.0 Å². The molecule has 0 fully saturated rings. The molecule has 2 aromatic rings. The minimum atomic E-state index is -0.128. The van der Waals surface area contributed by atoms with Gasteiger partial charge in [-0.1, -0.05) is 35.5 Å². The summed E-state index contributed by atoms with van der Waals surface area (Å²) in [5, 5.41) is 3.33. The van der Waals surface area contributed by atoms with Gasteiger partial charge in [-0.2, -0.15) is 0 Å². The molecule has 5 nitrogen and oxygen atoms in total. The van der Waals surface area contributed by atoms with Crippen LogP contribution < -0.4 is 10.9 Å². The zero-order valence-electron chi connectivity index (χ0n) is 15.2. The molecule has 0 saturated carbocycles. The minimum absolute atomic E-state index is 0.0520. The van der Waals surface area contributed by atoms with E-state index >= 15 is 0 Å². The Balaban J connectivity index is 1.58. The van der Waals surface area contributed by atoms with Crippen molar-refractivity contribution in [3.63, 3.8) is 0 Å². The summed E-state index contributed by atoms with van der Waals surface area (Å²) >= 11 is 1.21. The molecule has 138 valence electrons. The van der Waals surface area contributed by atoms with Crippen LogP contribution in [0.4, 0.5) is 0 Å². The second kappa shape index (κ2) is 9.03. The van der Waals surface area contributed by atoms with E-state index in [-0.39, 0.29) is 17.2 Å². The molecule has 0 aliphatic heterocycles. The fraction of sp³-hybridized carbons (Fsp3) is 0.450. The summed E-state index contributed by atoms with van der Waals surface area (Å²) in [7, 11) is 0. The van der Waals surface area contributed by atoms with Gasteiger partial charge >= 0.3 is 0 Å². The number of rotatable bonds is 7. The van der Waals surface area contributed by atoms with Crippen LogP contribution in [0, 0.1) is 0 Å². The molecule has 0 radical (unpaired) electrons. The quantitative estimate of drug-likeness (QED) is 0.597. The number of benzene rings is 1. The second-order valence-electron chi connectivity index (χ2n) is 6.45. The number of nitrogens with zero attached hydrogens (tertiary/aromatic N) is 2. The monoisotopic (exact) mass is 371 g/mol. The van der Waals surface area contributed by atoms with Crippen LogP contribution in [0.5, 0.6) is 0 Å². The number of amides is 1. The maximum absolute atomic E-state index is 12.6. The summed E-state index contributed by atoms with van der Waals surface area (Å²) < 4.78 is 1.71. The Morgan fingerprint density at radius 3 is 2.92 bits per heavy atom. The van der Waals surface area contributed by atoms with E-state index in [0.717, 1.165) is 30.3 Å². The third-order valence-corrected chi connectivity index (χ3v) is 5.58. The first-order valence-corrected chi connectivity index (χ1v) is 10.2. The summed E-state index contributed by atoms with van der Waals surface area (Å²) in [6, 6.07) is 7.59. The molecule has 1 amide bonds. The van der Waals surface area contributed by atoms with Gasteiger partial charge in [-0.3, -0.25) is 9.59 Å². The summed E-state index contributed by atoms with van der Waals surface area (Å²) in [5.41, 5.74) is 2.93. The third kappa shape index (κ3) is 4.55. The van der Waals surface area contributed by atoms with Gasteiger partial charge in [0.1, 0.15) is 0 Å². The van der Waals surface area contributed by atoms with Crippen molar-refractivity contribution < 1.29 is 4.79 Å². The van der Waals surface area contributed by atoms with E-state index in [1.807, 2.05) is 31.2 Å². The minimum Gasteiger partial charge on any atom is -0.355 e. The summed E-state index contributed by atoms with van der Waals surface area (Å²) in [5.74, 6) is 0.160. The molecular formula is C20H25N3O2S. The Labute approximate surface area is 157 Å². The van der Waals surface area contributed by atoms with Crippen LogP contribution in [0.25, 0.3) is 11.0 Å². The van der Waals surface area contributed by atoms with Crippen molar-refractivity contribution in [2.75, 3.05) is 12.3 Å². The number of hydrogen-bond acceptors (Lipinski definition) is 4. The van der Waals surface area contributed by atoms with E-state index < -0.39 is 0 Å². The lowest BCUT2D eigenvalue weighted by molar-refractivity contribution is -0.118. The average Bonchev–Trinajstić information content (AvgIpc) is 2.67. The lowest BCUT2D eigenvalue weighted by Crippen LogP contribution is -2.28. The fourth-order valence-corrected chi connectivity index (χ4v) is 4.02. The Hall–Kier alpha value is -2.08. The number of para-hydroxylation sites is 2. The molecule has 6 heteroatoms. The second-order valence-corrected chi connectivity index (χ2v) is 7.42. The Kier molecular flexibility index (Phi) is 6.50. The maximum atomic E-state index is 12.6. The lowest BCUT2D eigenvalue weighted by atomic mass is 9.97. The van der Waals surface area contributed by atoms with Crippen molar-refractivity contribution in [1.82, 2.24) is 14.9 Å². The first kappa shape index (κ1) is 18.7. The number of hydrogen-bond donors (Lipinski definition) is 1. The molecule has 1 N–H and O–H groups in total. The van der Waals surface area contributed by atoms with Gasteiger partial charge in [0.2, 0.25) is 5.91 Å². The topological polar surface area (TPSA) is 64.0 Å². The SMILES string of the molecule is CCn1c(=O)c(SCC(=O)NCCC2=CCCCC2)nc2ccccc21. The van der Waals surface area contributed by atoms with Crippen molar-refractivity contribution in [3.8, 4) is 0 Å². The normalized spacial score (nSPS) is 14.3. The van der Waals surface area contributed by atoms with Crippen LogP contribution in [-0.4, -0.2) is 27.8 Å². The van der Waals surface area contributed by atoms with Crippen LogP contribution in [0.15, 0.2) is 45.7 Å². The van der Waals surface area contributed by atoms with Crippen molar-refractivity contribution >= 4 is 28.7 Å². The van der Waals surface area contributed by atoms with Gasteiger partial charge in [0.15, 0.2) is 5.03 Å². The average molecular weight is 372 g/mol. The largest absolute Gasteiger partial charge is 0.355 e. The van der Waals surface area contributed by atoms with E-state index in [1.54, 1.807) is 4.57 Å². The predicted octanol–water partition coefficient (Wildman–Crippen LogP) is 3.52. The number of nitrogens with one attached hydrogen (secondary N) is 1. The summed E-state index contributed by atoms with van der Waals surface area (Å²) in [6.07, 6.45) is 8.08. The number of carbonyl (C=O) groups is 1. The molecule has 0 saturated heterocycles. The molecule has 1 heterocycles. The van der Waals surface area contributed by atoms with Crippen LogP contribution >= 0.6 is 11.8 Å². The Morgan fingerprint density at radius 1 is 1.31 bits per heavy atom. The highest BCUT2D eigenvalue weighted by Crippen LogP contribution is 2.19. The van der Waals surface area contributed by atoms with Crippen molar-refractivity contribution in [3.05, 3.63) is 46.3 Å². The fourth-order valence-electron chi connectivity index (χ4n) is 3.26. The van der Waals surface area contributed by atoms with Crippen LogP contribution in [0.3, 0.4) is 0 Å². The van der Waals surface area contributed by atoms with Gasteiger partial charge in [-0.05, 0) is 51.2 Å². The van der Waals surface area contributed by atoms with Crippen molar-refractivity contribution in [2.45, 2.75) is 50.6 Å². The number of aromatic nitrogens is 2. The molecule has 1 aliphatic rings. The first-order valence-electron chi connectivity index (χ1n) is 9.26. The maximum Gasteiger partial charge on any atom is 0.283 e. The summed E-state index contributed by atoms with van der Waals surface area (Å²) in [4.78, 5) is 29.1. The van der Waals surface area contributed by atoms with Gasteiger partial charge in [0.25, 0.3) is 5.56 Å². The zero-order chi connectivity index (χ0) is 18.4. The number of allylic oxidation sites excluding steroid dienone is 1. The van der Waals surface area contributed by atoms with Crippen molar-refractivity contribution in [2.24, 2.45) is 0 Å². The van der Waals surface area contributed by atoms with E-state index in [2.05, 4.69) is 16.4 Å². The Bertz CT molecular complexity index is 873. The molecule has 26 heavy (non-hydrogen) atoms. The third-order valence-electron chi connectivity index (χ3n) is 4.63. The molecule has 0 bridgehead atoms. The van der Waals surface area contributed by atoms with Gasteiger partial charge in [0.05, 0.1) is 16.8 Å². The van der Waals surface area contributed by atoms with Crippen LogP contribution in [-0.2, 0) is 11.3 Å². The summed E-state index contributed by atoms with van der Waals surface area (Å²) in [6.45, 7) is 3.18. The van der Waals surface area contributed by atoms with E-state index in [1.165, 1.54) is 30.2 Å². The van der Waals surface area contributed by atoms with Gasteiger partial charge < -0.3 is 9.88 Å². The number of aryl methyl sites for hydroxylation is 1. The van der Waals surface area contributed by atoms with Crippen molar-refractivity contribution in [1.29, 1.82) is 0 Å². The highest BCUT2D eigenvalue weighted by molar-refractivity contribution is 7.99. The Morgan fingerprint density at radius 2 is 2.15 bits per heavy atom. The number of carbonyl (C=O) groups excluding carboxylic acids is 1. The van der Waals surface area contributed by atoms with E-state index in [4.69, 9.17) is 0 Å². The van der Waals surface area contributed by atoms with E-state index in [0.29, 0.717) is 18.1 Å². The molecule has 0 atom stereocenters. The molecule has 1 aliphatic carbocycles. The standard InChI is InChI=1S/C20H25N3O2S/c1-2-23-17-11-7-6-10-16(17)22-19(20(23)25)26-14-18(24)21-13-12-15-8-4-3-5-9-15/h6-8,10-11H,2-5,9,12-14H2,1H3,(H,21,24). The number of fused-ring (bicyclic) bond motifs is 1. The smallest absolute Gasteiger partial charge is 0.283 e. The number of thioether (sulfide) groups is 1. The molecule has 3 rings (SSSR count). The predicted molar refractivity (Wildman–Crippen MR) is 107 cm³/mol. The highest BCUT2D eigenvalue weighted by Gasteiger charge is 2.12. The van der Waals surface area contributed by atoms with E-state index in [9.17, 15) is 9.59 Å². The molecular weight excluding hydrogens is 346 g/mol. The molecule has 1 aromatic carbocycles. The lowest BCUT2D eigenvalue weighted by Gasteiger charge is -2.13. The zero-order valence-corrected chi connectivity index (χ0v) is 16.0. The van der Waals surface area contributed by atoms with Crippen LogP contribution in [0.2, 0.25) is 0 Å². The first-order chi connectivity index (χ1) is 12.7. The van der Waals surface area contributed by atoms with Gasteiger partial charge in [0, 0.05) is 13.1 Å². The molecule has 1 aromatic heterocycles. The molecule has 0 spiro atoms. The van der Waals surface area contributed by atoms with Gasteiger partial charge in [-0.15, -0.1) is 0 Å².